The van der Waals surface area contributed by atoms with Crippen molar-refractivity contribution in [1.29, 1.82) is 0 Å². The molecule has 1 heterocycles. The van der Waals surface area contributed by atoms with E-state index in [1.807, 2.05) is 13.8 Å². The van der Waals surface area contributed by atoms with Crippen molar-refractivity contribution >= 4 is 17.3 Å². The van der Waals surface area contributed by atoms with Gasteiger partial charge in [-0.05, 0) is 23.8 Å². The van der Waals surface area contributed by atoms with E-state index >= 15 is 0 Å². The largest absolute Gasteiger partial charge is 0.406 e. The van der Waals surface area contributed by atoms with Gasteiger partial charge in [0.1, 0.15) is 6.54 Å². The van der Waals surface area contributed by atoms with Gasteiger partial charge in [-0.1, -0.05) is 13.8 Å². The zero-order chi connectivity index (χ0) is 14.4. The van der Waals surface area contributed by atoms with Gasteiger partial charge in [0, 0.05) is 23.2 Å². The van der Waals surface area contributed by atoms with Crippen LogP contribution in [0.5, 0.6) is 0 Å². The molecule has 3 nitrogen and oxygen atoms in total. The summed E-state index contributed by atoms with van der Waals surface area (Å²) >= 11 is 0. The summed E-state index contributed by atoms with van der Waals surface area (Å²) in [5.74, 6) is -0.514. The molecule has 1 amide bonds. The molecule has 0 aliphatic carbocycles. The topological polar surface area (TPSA) is 46.3 Å². The normalized spacial score (nSPS) is 18.4. The summed E-state index contributed by atoms with van der Waals surface area (Å²) < 4.78 is 37.7. The molecule has 0 bridgehead atoms. The molecule has 0 fully saturated rings. The zero-order valence-electron chi connectivity index (χ0n) is 10.7. The maximum absolute atomic E-state index is 12.6. The monoisotopic (exact) mass is 272 g/mol. The lowest BCUT2D eigenvalue weighted by atomic mass is 9.77. The Hall–Kier alpha value is -1.72. The molecule has 0 radical (unpaired) electrons. The van der Waals surface area contributed by atoms with Crippen LogP contribution < -0.4 is 10.6 Å². The van der Waals surface area contributed by atoms with E-state index in [1.54, 1.807) is 6.07 Å². The number of nitrogen functional groups attached to an aromatic ring is 1. The lowest BCUT2D eigenvalue weighted by molar-refractivity contribution is -0.133. The van der Waals surface area contributed by atoms with Crippen LogP contribution in [0, 0.1) is 0 Å². The first-order valence-electron chi connectivity index (χ1n) is 5.87. The second kappa shape index (κ2) is 4.15. The van der Waals surface area contributed by atoms with Crippen LogP contribution in [-0.4, -0.2) is 18.6 Å². The molecule has 19 heavy (non-hydrogen) atoms. The van der Waals surface area contributed by atoms with Crippen LogP contribution in [0.2, 0.25) is 0 Å². The number of nitrogens with two attached hydrogens (primary N) is 1. The molecule has 1 aromatic carbocycles. The van der Waals surface area contributed by atoms with Crippen molar-refractivity contribution in [2.45, 2.75) is 31.9 Å². The number of rotatable bonds is 1. The minimum Gasteiger partial charge on any atom is -0.399 e. The number of carbonyl (C=O) groups excluding carboxylic acids is 1. The van der Waals surface area contributed by atoms with Crippen molar-refractivity contribution in [2.75, 3.05) is 17.2 Å². The van der Waals surface area contributed by atoms with Crippen molar-refractivity contribution in [1.82, 2.24) is 0 Å². The number of anilines is 2. The number of benzene rings is 1. The Morgan fingerprint density at radius 3 is 2.58 bits per heavy atom. The number of amides is 1. The van der Waals surface area contributed by atoms with Crippen molar-refractivity contribution in [2.24, 2.45) is 0 Å². The van der Waals surface area contributed by atoms with Gasteiger partial charge in [-0.3, -0.25) is 4.79 Å². The number of nitrogens with zero attached hydrogens (tertiary/aromatic N) is 1. The quantitative estimate of drug-likeness (QED) is 0.799. The van der Waals surface area contributed by atoms with Gasteiger partial charge >= 0.3 is 6.18 Å². The van der Waals surface area contributed by atoms with Gasteiger partial charge in [0.2, 0.25) is 5.91 Å². The second-order valence-corrected chi connectivity index (χ2v) is 5.43. The van der Waals surface area contributed by atoms with E-state index < -0.39 is 24.0 Å². The second-order valence-electron chi connectivity index (χ2n) is 5.43. The zero-order valence-corrected chi connectivity index (χ0v) is 10.7. The fraction of sp³-hybridized carbons (Fsp3) is 0.462. The molecule has 0 saturated heterocycles. The highest BCUT2D eigenvalue weighted by Gasteiger charge is 2.41. The van der Waals surface area contributed by atoms with Crippen molar-refractivity contribution < 1.29 is 18.0 Å². The standard InChI is InChI=1S/C13H15F3N2O/c1-12(2)6-11(19)18(7-13(14,15)16)10-4-3-8(17)5-9(10)12/h3-5H,6-7,17H2,1-2H3. The number of hydrogen-bond acceptors (Lipinski definition) is 2. The maximum atomic E-state index is 12.6. The van der Waals surface area contributed by atoms with Gasteiger partial charge in [-0.15, -0.1) is 0 Å². The lowest BCUT2D eigenvalue weighted by Gasteiger charge is -2.39. The Morgan fingerprint density at radius 1 is 1.37 bits per heavy atom. The molecule has 6 heteroatoms. The van der Waals surface area contributed by atoms with Gasteiger partial charge in [-0.25, -0.2) is 0 Å². The summed E-state index contributed by atoms with van der Waals surface area (Å²) in [6.45, 7) is 2.39. The van der Waals surface area contributed by atoms with Crippen molar-refractivity contribution in [3.63, 3.8) is 0 Å². The highest BCUT2D eigenvalue weighted by molar-refractivity contribution is 5.98. The minimum absolute atomic E-state index is 0.0412. The third-order valence-electron chi connectivity index (χ3n) is 3.27. The predicted molar refractivity (Wildman–Crippen MR) is 66.9 cm³/mol. The molecule has 104 valence electrons. The lowest BCUT2D eigenvalue weighted by Crippen LogP contribution is -2.46. The smallest absolute Gasteiger partial charge is 0.399 e. The van der Waals surface area contributed by atoms with Gasteiger partial charge in [0.15, 0.2) is 0 Å². The summed E-state index contributed by atoms with van der Waals surface area (Å²) in [4.78, 5) is 12.7. The molecule has 1 aromatic rings. The van der Waals surface area contributed by atoms with Crippen molar-refractivity contribution in [3.05, 3.63) is 23.8 Å². The maximum Gasteiger partial charge on any atom is 0.406 e. The number of hydrogen-bond donors (Lipinski definition) is 1. The number of alkyl halides is 3. The Balaban J connectivity index is 2.51. The van der Waals surface area contributed by atoms with Crippen molar-refractivity contribution in [3.8, 4) is 0 Å². The Kier molecular flexibility index (Phi) is 2.99. The first kappa shape index (κ1) is 13.7. The first-order valence-corrected chi connectivity index (χ1v) is 5.87. The SMILES string of the molecule is CC1(C)CC(=O)N(CC(F)(F)F)c2ccc(N)cc21. The van der Waals surface area contributed by atoms with Gasteiger partial charge in [-0.2, -0.15) is 13.2 Å². The molecular weight excluding hydrogens is 257 g/mol. The van der Waals surface area contributed by atoms with E-state index in [1.165, 1.54) is 12.1 Å². The molecule has 1 aliphatic heterocycles. The first-order chi connectivity index (χ1) is 8.60. The summed E-state index contributed by atoms with van der Waals surface area (Å²) in [5, 5.41) is 0. The average molecular weight is 272 g/mol. The molecule has 0 saturated carbocycles. The van der Waals surface area contributed by atoms with E-state index in [-0.39, 0.29) is 6.42 Å². The molecule has 0 unspecified atom stereocenters. The highest BCUT2D eigenvalue weighted by Crippen LogP contribution is 2.42. The molecule has 2 N–H and O–H groups in total. The van der Waals surface area contributed by atoms with E-state index in [0.29, 0.717) is 16.9 Å². The molecule has 0 aromatic heterocycles. The number of fused-ring (bicyclic) bond motifs is 1. The van der Waals surface area contributed by atoms with Crippen LogP contribution >= 0.6 is 0 Å². The molecule has 1 aliphatic rings. The summed E-state index contributed by atoms with van der Waals surface area (Å²) in [7, 11) is 0. The Labute approximate surface area is 109 Å². The van der Waals surface area contributed by atoms with Crippen LogP contribution in [-0.2, 0) is 10.2 Å². The van der Waals surface area contributed by atoms with Gasteiger partial charge in [0.25, 0.3) is 0 Å². The third-order valence-corrected chi connectivity index (χ3v) is 3.27. The fourth-order valence-corrected chi connectivity index (χ4v) is 2.39. The van der Waals surface area contributed by atoms with Crippen LogP contribution in [0.25, 0.3) is 0 Å². The molecule has 0 atom stereocenters. The molecule has 2 rings (SSSR count). The Bertz CT molecular complexity index is 523. The fourth-order valence-electron chi connectivity index (χ4n) is 2.39. The average Bonchev–Trinajstić information content (AvgIpc) is 2.22. The minimum atomic E-state index is -4.42. The van der Waals surface area contributed by atoms with Crippen LogP contribution in [0.4, 0.5) is 24.5 Å². The molecular formula is C13H15F3N2O. The van der Waals surface area contributed by atoms with Crippen LogP contribution in [0.3, 0.4) is 0 Å². The van der Waals surface area contributed by atoms with E-state index in [2.05, 4.69) is 0 Å². The van der Waals surface area contributed by atoms with Crippen LogP contribution in [0.15, 0.2) is 18.2 Å². The summed E-state index contributed by atoms with van der Waals surface area (Å²) in [6.07, 6.45) is -4.38. The predicted octanol–water partition coefficient (Wildman–Crippen LogP) is 2.85. The van der Waals surface area contributed by atoms with Gasteiger partial charge in [0.05, 0.1) is 0 Å². The van der Waals surface area contributed by atoms with Crippen LogP contribution in [0.1, 0.15) is 25.8 Å². The Morgan fingerprint density at radius 2 is 2.00 bits per heavy atom. The van der Waals surface area contributed by atoms with E-state index in [0.717, 1.165) is 4.90 Å². The van der Waals surface area contributed by atoms with E-state index in [4.69, 9.17) is 5.73 Å². The number of carbonyl (C=O) groups is 1. The summed E-state index contributed by atoms with van der Waals surface area (Å²) in [6, 6.07) is 4.64. The summed E-state index contributed by atoms with van der Waals surface area (Å²) in [5.41, 5.74) is 6.63. The van der Waals surface area contributed by atoms with Gasteiger partial charge < -0.3 is 10.6 Å². The number of halogens is 3. The van der Waals surface area contributed by atoms with E-state index in [9.17, 15) is 18.0 Å². The highest BCUT2D eigenvalue weighted by atomic mass is 19.4. The molecule has 0 spiro atoms. The third kappa shape index (κ3) is 2.67.